The summed E-state index contributed by atoms with van der Waals surface area (Å²) in [6.45, 7) is 2.96. The van der Waals surface area contributed by atoms with E-state index in [0.717, 1.165) is 45.1 Å². The van der Waals surface area contributed by atoms with Gasteiger partial charge in [-0.25, -0.2) is 0 Å². The van der Waals surface area contributed by atoms with Crippen LogP contribution in [0.25, 0.3) is 0 Å². The molecule has 0 radical (unpaired) electrons. The highest BCUT2D eigenvalue weighted by atomic mass is 35.5. The van der Waals surface area contributed by atoms with Crippen molar-refractivity contribution in [3.63, 3.8) is 0 Å². The molecule has 0 unspecified atom stereocenters. The highest BCUT2D eigenvalue weighted by Crippen LogP contribution is 2.27. The largest absolute Gasteiger partial charge is 0.351 e. The van der Waals surface area contributed by atoms with E-state index in [4.69, 9.17) is 5.73 Å². The molecule has 1 aliphatic rings. The number of halogens is 1. The summed E-state index contributed by atoms with van der Waals surface area (Å²) in [5, 5.41) is 3.22. The van der Waals surface area contributed by atoms with Crippen LogP contribution in [0.5, 0.6) is 0 Å². The van der Waals surface area contributed by atoms with Gasteiger partial charge in [0.25, 0.3) is 0 Å². The summed E-state index contributed by atoms with van der Waals surface area (Å²) in [5.74, 6) is 0.238. The number of nitrogens with one attached hydrogen (secondary N) is 1. The van der Waals surface area contributed by atoms with Crippen LogP contribution in [0.1, 0.15) is 71.1 Å². The third-order valence-corrected chi connectivity index (χ3v) is 3.76. The second-order valence-corrected chi connectivity index (χ2v) is 5.62. The Morgan fingerprint density at radius 3 is 2.33 bits per heavy atom. The van der Waals surface area contributed by atoms with Gasteiger partial charge < -0.3 is 11.1 Å². The van der Waals surface area contributed by atoms with Crippen LogP contribution in [-0.2, 0) is 4.79 Å². The van der Waals surface area contributed by atoms with E-state index in [1.54, 1.807) is 0 Å². The van der Waals surface area contributed by atoms with E-state index in [9.17, 15) is 4.79 Å². The Balaban J connectivity index is 0.00000289. The molecule has 1 saturated carbocycles. The van der Waals surface area contributed by atoms with E-state index in [-0.39, 0.29) is 23.9 Å². The van der Waals surface area contributed by atoms with E-state index in [2.05, 4.69) is 12.2 Å². The van der Waals surface area contributed by atoms with Crippen molar-refractivity contribution in [2.75, 3.05) is 6.54 Å². The van der Waals surface area contributed by atoms with Gasteiger partial charge in [-0.3, -0.25) is 4.79 Å². The summed E-state index contributed by atoms with van der Waals surface area (Å²) in [5.41, 5.74) is 5.51. The van der Waals surface area contributed by atoms with Crippen molar-refractivity contribution in [1.82, 2.24) is 5.32 Å². The monoisotopic (exact) mass is 276 g/mol. The summed E-state index contributed by atoms with van der Waals surface area (Å²) < 4.78 is 0. The molecule has 0 heterocycles. The Hall–Kier alpha value is -0.280. The van der Waals surface area contributed by atoms with Crippen LogP contribution in [0, 0.1) is 0 Å². The van der Waals surface area contributed by atoms with Crippen LogP contribution in [0.2, 0.25) is 0 Å². The average Bonchev–Trinajstić information content (AvgIpc) is 2.29. The molecule has 0 atom stereocenters. The fourth-order valence-electron chi connectivity index (χ4n) is 2.64. The molecule has 0 aromatic carbocycles. The molecule has 1 aliphatic carbocycles. The molecule has 3 nitrogen and oxygen atoms in total. The van der Waals surface area contributed by atoms with Crippen molar-refractivity contribution in [3.8, 4) is 0 Å². The molecular formula is C14H29ClN2O. The first-order chi connectivity index (χ1) is 8.16. The Labute approximate surface area is 118 Å². The highest BCUT2D eigenvalue weighted by molar-refractivity contribution is 5.85. The van der Waals surface area contributed by atoms with Crippen LogP contribution in [0.4, 0.5) is 0 Å². The van der Waals surface area contributed by atoms with Crippen molar-refractivity contribution < 1.29 is 4.79 Å². The van der Waals surface area contributed by atoms with Crippen LogP contribution < -0.4 is 11.1 Å². The molecule has 108 valence electrons. The molecule has 0 aromatic heterocycles. The minimum absolute atomic E-state index is 0. The van der Waals surface area contributed by atoms with Gasteiger partial charge in [-0.05, 0) is 39.2 Å². The standard InChI is InChI=1S/C14H28N2O.ClH/c1-14(10-6-4-7-11-14)16-13(17)9-5-2-3-8-12-15;/h2-12,15H2,1H3,(H,16,17);1H. The number of rotatable bonds is 7. The quantitative estimate of drug-likeness (QED) is 0.702. The lowest BCUT2D eigenvalue weighted by Crippen LogP contribution is -2.47. The maximum atomic E-state index is 11.8. The number of amides is 1. The second-order valence-electron chi connectivity index (χ2n) is 5.62. The Morgan fingerprint density at radius 2 is 1.72 bits per heavy atom. The van der Waals surface area contributed by atoms with Crippen molar-refractivity contribution >= 4 is 18.3 Å². The van der Waals surface area contributed by atoms with Crippen LogP contribution >= 0.6 is 12.4 Å². The molecule has 18 heavy (non-hydrogen) atoms. The Morgan fingerprint density at radius 1 is 1.11 bits per heavy atom. The number of unbranched alkanes of at least 4 members (excludes halogenated alkanes) is 3. The molecule has 1 amide bonds. The van der Waals surface area contributed by atoms with Gasteiger partial charge in [0, 0.05) is 12.0 Å². The van der Waals surface area contributed by atoms with Crippen molar-refractivity contribution in [1.29, 1.82) is 0 Å². The minimum Gasteiger partial charge on any atom is -0.351 e. The van der Waals surface area contributed by atoms with Gasteiger partial charge in [0.15, 0.2) is 0 Å². The van der Waals surface area contributed by atoms with E-state index >= 15 is 0 Å². The van der Waals surface area contributed by atoms with Gasteiger partial charge in [-0.2, -0.15) is 0 Å². The molecular weight excluding hydrogens is 248 g/mol. The topological polar surface area (TPSA) is 55.1 Å². The molecule has 0 aliphatic heterocycles. The summed E-state index contributed by atoms with van der Waals surface area (Å²) >= 11 is 0. The number of hydrogen-bond acceptors (Lipinski definition) is 2. The molecule has 3 N–H and O–H groups in total. The van der Waals surface area contributed by atoms with Gasteiger partial charge >= 0.3 is 0 Å². The van der Waals surface area contributed by atoms with Crippen molar-refractivity contribution in [3.05, 3.63) is 0 Å². The second kappa shape index (κ2) is 9.62. The number of hydrogen-bond donors (Lipinski definition) is 2. The van der Waals surface area contributed by atoms with E-state index in [1.807, 2.05) is 0 Å². The Kier molecular flexibility index (Phi) is 9.47. The van der Waals surface area contributed by atoms with Gasteiger partial charge in [-0.15, -0.1) is 12.4 Å². The first kappa shape index (κ1) is 17.7. The average molecular weight is 277 g/mol. The lowest BCUT2D eigenvalue weighted by Gasteiger charge is -2.34. The lowest BCUT2D eigenvalue weighted by atomic mass is 9.83. The first-order valence-corrected chi connectivity index (χ1v) is 7.17. The lowest BCUT2D eigenvalue weighted by molar-refractivity contribution is -0.123. The minimum atomic E-state index is 0. The van der Waals surface area contributed by atoms with E-state index in [0.29, 0.717) is 6.42 Å². The number of carbonyl (C=O) groups is 1. The van der Waals surface area contributed by atoms with Gasteiger partial charge in [0.05, 0.1) is 0 Å². The molecule has 0 spiro atoms. The zero-order valence-electron chi connectivity index (χ0n) is 11.7. The molecule has 0 aromatic rings. The molecule has 0 bridgehead atoms. The number of carbonyl (C=O) groups excluding carboxylic acids is 1. The zero-order valence-corrected chi connectivity index (χ0v) is 12.5. The van der Waals surface area contributed by atoms with Crippen molar-refractivity contribution in [2.24, 2.45) is 5.73 Å². The summed E-state index contributed by atoms with van der Waals surface area (Å²) in [6.07, 6.45) is 11.2. The SMILES string of the molecule is CC1(NC(=O)CCCCCCN)CCCCC1.Cl. The highest BCUT2D eigenvalue weighted by Gasteiger charge is 2.27. The number of nitrogens with two attached hydrogens (primary N) is 1. The normalized spacial score (nSPS) is 17.9. The van der Waals surface area contributed by atoms with E-state index < -0.39 is 0 Å². The first-order valence-electron chi connectivity index (χ1n) is 7.17. The molecule has 4 heteroatoms. The maximum Gasteiger partial charge on any atom is 0.220 e. The maximum absolute atomic E-state index is 11.8. The van der Waals surface area contributed by atoms with Gasteiger partial charge in [0.2, 0.25) is 5.91 Å². The zero-order chi connectivity index (χ0) is 12.6. The van der Waals surface area contributed by atoms with Crippen LogP contribution in [0.3, 0.4) is 0 Å². The van der Waals surface area contributed by atoms with Crippen LogP contribution in [0.15, 0.2) is 0 Å². The van der Waals surface area contributed by atoms with Crippen LogP contribution in [-0.4, -0.2) is 18.0 Å². The van der Waals surface area contributed by atoms with Crippen molar-refractivity contribution in [2.45, 2.75) is 76.7 Å². The summed E-state index contributed by atoms with van der Waals surface area (Å²) in [4.78, 5) is 11.8. The fraction of sp³-hybridized carbons (Fsp3) is 0.929. The molecule has 1 rings (SSSR count). The van der Waals surface area contributed by atoms with Gasteiger partial charge in [-0.1, -0.05) is 32.1 Å². The Bertz CT molecular complexity index is 228. The summed E-state index contributed by atoms with van der Waals surface area (Å²) in [6, 6.07) is 0. The predicted molar refractivity (Wildman–Crippen MR) is 79.0 cm³/mol. The van der Waals surface area contributed by atoms with Gasteiger partial charge in [0.1, 0.15) is 0 Å². The third kappa shape index (κ3) is 7.22. The predicted octanol–water partition coefficient (Wildman–Crippen LogP) is 3.16. The third-order valence-electron chi connectivity index (χ3n) is 3.76. The smallest absolute Gasteiger partial charge is 0.220 e. The van der Waals surface area contributed by atoms with E-state index in [1.165, 1.54) is 19.3 Å². The fourth-order valence-corrected chi connectivity index (χ4v) is 2.64. The summed E-state index contributed by atoms with van der Waals surface area (Å²) in [7, 11) is 0. The molecule has 0 saturated heterocycles. The molecule has 1 fully saturated rings.